The first-order valence-corrected chi connectivity index (χ1v) is 12.9. The molecule has 1 saturated carbocycles. The standard InChI is InChI=1S/C26H29ClNOP/c1-2-3-10-21-19-25(21)26(20-15-17-22(27)18-16-20)28-30(29,23-11-6-4-7-12-23)24-13-8-5-9-14-24/h4-9,11-18,21,25-26H,2-3,10,19H2,1H3,(H,28,29)/t21-,25+,26?/m1/s1. The summed E-state index contributed by atoms with van der Waals surface area (Å²) >= 11 is 6.16. The molecule has 2 nitrogen and oxygen atoms in total. The van der Waals surface area contributed by atoms with Gasteiger partial charge in [0.2, 0.25) is 7.29 Å². The lowest BCUT2D eigenvalue weighted by molar-refractivity contribution is 0.496. The second kappa shape index (κ2) is 9.52. The third-order valence-electron chi connectivity index (χ3n) is 6.12. The van der Waals surface area contributed by atoms with Crippen molar-refractivity contribution in [2.75, 3.05) is 0 Å². The molecule has 156 valence electrons. The fraction of sp³-hybridized carbons (Fsp3) is 0.308. The predicted molar refractivity (Wildman–Crippen MR) is 128 cm³/mol. The fourth-order valence-electron chi connectivity index (χ4n) is 4.33. The zero-order valence-electron chi connectivity index (χ0n) is 17.4. The average molecular weight is 438 g/mol. The molecule has 0 spiro atoms. The number of unbranched alkanes of at least 4 members (excludes halogenated alkanes) is 1. The number of benzene rings is 3. The van der Waals surface area contributed by atoms with E-state index < -0.39 is 7.29 Å². The second-order valence-corrected chi connectivity index (χ2v) is 11.2. The van der Waals surface area contributed by atoms with E-state index in [2.05, 4.69) is 24.1 Å². The lowest BCUT2D eigenvalue weighted by Crippen LogP contribution is -2.32. The Morgan fingerprint density at radius 1 is 0.933 bits per heavy atom. The van der Waals surface area contributed by atoms with Crippen LogP contribution in [0.3, 0.4) is 0 Å². The number of rotatable bonds is 9. The summed E-state index contributed by atoms with van der Waals surface area (Å²) in [6.07, 6.45) is 4.90. The van der Waals surface area contributed by atoms with Crippen LogP contribution in [0.25, 0.3) is 0 Å². The van der Waals surface area contributed by atoms with Gasteiger partial charge in [-0.3, -0.25) is 9.65 Å². The van der Waals surface area contributed by atoms with Gasteiger partial charge in [-0.15, -0.1) is 0 Å². The van der Waals surface area contributed by atoms with Gasteiger partial charge in [-0.2, -0.15) is 0 Å². The molecule has 3 aromatic rings. The maximum atomic E-state index is 14.6. The summed E-state index contributed by atoms with van der Waals surface area (Å²) in [5, 5.41) is 6.10. The van der Waals surface area contributed by atoms with Crippen LogP contribution in [0, 0.1) is 11.8 Å². The molecule has 0 saturated heterocycles. The van der Waals surface area contributed by atoms with E-state index >= 15 is 0 Å². The van der Waals surface area contributed by atoms with Gasteiger partial charge >= 0.3 is 0 Å². The molecule has 1 N–H and O–H groups in total. The molecule has 1 aliphatic carbocycles. The van der Waals surface area contributed by atoms with Crippen LogP contribution < -0.4 is 15.7 Å². The topological polar surface area (TPSA) is 29.1 Å². The van der Waals surface area contributed by atoms with Crippen molar-refractivity contribution < 1.29 is 4.57 Å². The summed E-state index contributed by atoms with van der Waals surface area (Å²) in [6, 6.07) is 27.8. The highest BCUT2D eigenvalue weighted by molar-refractivity contribution is 7.76. The minimum Gasteiger partial charge on any atom is -0.297 e. The van der Waals surface area contributed by atoms with E-state index in [1.165, 1.54) is 25.7 Å². The van der Waals surface area contributed by atoms with Crippen LogP contribution in [-0.4, -0.2) is 0 Å². The number of halogens is 1. The van der Waals surface area contributed by atoms with Gasteiger partial charge in [0, 0.05) is 21.7 Å². The molecule has 1 aliphatic rings. The largest absolute Gasteiger partial charge is 0.297 e. The molecule has 0 radical (unpaired) electrons. The Kier molecular flexibility index (Phi) is 6.78. The second-order valence-electron chi connectivity index (χ2n) is 8.24. The number of hydrogen-bond donors (Lipinski definition) is 1. The zero-order chi connectivity index (χ0) is 21.0. The third-order valence-corrected chi connectivity index (χ3v) is 9.07. The maximum Gasteiger partial charge on any atom is 0.205 e. The van der Waals surface area contributed by atoms with Gasteiger partial charge < -0.3 is 0 Å². The van der Waals surface area contributed by atoms with Crippen LogP contribution >= 0.6 is 18.9 Å². The first kappa shape index (κ1) is 21.4. The number of hydrogen-bond acceptors (Lipinski definition) is 1. The molecule has 0 bridgehead atoms. The zero-order valence-corrected chi connectivity index (χ0v) is 19.0. The molecule has 3 aromatic carbocycles. The van der Waals surface area contributed by atoms with Gasteiger partial charge in [0.25, 0.3) is 0 Å². The van der Waals surface area contributed by atoms with Crippen molar-refractivity contribution in [1.29, 1.82) is 0 Å². The molecule has 0 amide bonds. The normalized spacial score (nSPS) is 19.4. The van der Waals surface area contributed by atoms with Crippen molar-refractivity contribution in [3.8, 4) is 0 Å². The van der Waals surface area contributed by atoms with Gasteiger partial charge in [-0.05, 0) is 60.2 Å². The van der Waals surface area contributed by atoms with E-state index in [0.29, 0.717) is 11.8 Å². The lowest BCUT2D eigenvalue weighted by Gasteiger charge is -2.28. The Labute approximate surface area is 185 Å². The van der Waals surface area contributed by atoms with Crippen LogP contribution in [0.2, 0.25) is 5.02 Å². The molecule has 30 heavy (non-hydrogen) atoms. The highest BCUT2D eigenvalue weighted by Gasteiger charge is 2.45. The molecular formula is C26H29ClNOP. The molecule has 0 aliphatic heterocycles. The third kappa shape index (κ3) is 4.72. The van der Waals surface area contributed by atoms with E-state index in [1.54, 1.807) is 0 Å². The minimum absolute atomic E-state index is 0.0374. The summed E-state index contributed by atoms with van der Waals surface area (Å²) in [6.45, 7) is 2.24. The highest BCUT2D eigenvalue weighted by atomic mass is 35.5. The van der Waals surface area contributed by atoms with Gasteiger partial charge in [0.15, 0.2) is 0 Å². The van der Waals surface area contributed by atoms with Crippen molar-refractivity contribution in [2.45, 2.75) is 38.6 Å². The Hall–Kier alpha value is -1.86. The molecule has 1 unspecified atom stereocenters. The van der Waals surface area contributed by atoms with Crippen molar-refractivity contribution >= 4 is 29.5 Å². The molecule has 4 heteroatoms. The highest BCUT2D eigenvalue weighted by Crippen LogP contribution is 2.54. The minimum atomic E-state index is -3.01. The summed E-state index contributed by atoms with van der Waals surface area (Å²) in [5.74, 6) is 1.19. The Morgan fingerprint density at radius 2 is 1.50 bits per heavy atom. The first-order chi connectivity index (χ1) is 14.6. The molecule has 3 atom stereocenters. The van der Waals surface area contributed by atoms with Crippen LogP contribution in [0.4, 0.5) is 0 Å². The summed E-state index contributed by atoms with van der Waals surface area (Å²) < 4.78 is 14.6. The van der Waals surface area contributed by atoms with E-state index in [-0.39, 0.29) is 6.04 Å². The smallest absolute Gasteiger partial charge is 0.205 e. The van der Waals surface area contributed by atoms with Crippen LogP contribution in [0.5, 0.6) is 0 Å². The average Bonchev–Trinajstić information content (AvgIpc) is 3.57. The Balaban J connectivity index is 1.72. The summed E-state index contributed by atoms with van der Waals surface area (Å²) in [4.78, 5) is 0. The Morgan fingerprint density at radius 3 is 2.03 bits per heavy atom. The predicted octanol–water partition coefficient (Wildman–Crippen LogP) is 6.73. The lowest BCUT2D eigenvalue weighted by atomic mass is 10.0. The molecule has 1 fully saturated rings. The molecular weight excluding hydrogens is 409 g/mol. The summed E-state index contributed by atoms with van der Waals surface area (Å²) in [5.41, 5.74) is 1.16. The van der Waals surface area contributed by atoms with Crippen LogP contribution in [-0.2, 0) is 4.57 Å². The van der Waals surface area contributed by atoms with E-state index in [1.807, 2.05) is 72.8 Å². The quantitative estimate of drug-likeness (QED) is 0.376. The SMILES string of the molecule is CCCC[C@@H]1C[C@@H]1C(NP(=O)(c1ccccc1)c1ccccc1)c1ccc(Cl)cc1. The van der Waals surface area contributed by atoms with Gasteiger partial charge in [0.1, 0.15) is 0 Å². The van der Waals surface area contributed by atoms with Gasteiger partial charge in [0.05, 0.1) is 0 Å². The number of nitrogens with one attached hydrogen (secondary N) is 1. The fourth-order valence-corrected chi connectivity index (χ4v) is 6.97. The van der Waals surface area contributed by atoms with Crippen molar-refractivity contribution in [3.63, 3.8) is 0 Å². The van der Waals surface area contributed by atoms with Crippen molar-refractivity contribution in [1.82, 2.24) is 5.09 Å². The van der Waals surface area contributed by atoms with Crippen LogP contribution in [0.15, 0.2) is 84.9 Å². The van der Waals surface area contributed by atoms with Crippen molar-refractivity contribution in [2.24, 2.45) is 11.8 Å². The molecule has 0 heterocycles. The first-order valence-electron chi connectivity index (χ1n) is 10.9. The monoisotopic (exact) mass is 437 g/mol. The van der Waals surface area contributed by atoms with Crippen LogP contribution in [0.1, 0.15) is 44.2 Å². The van der Waals surface area contributed by atoms with Gasteiger partial charge in [-0.1, -0.05) is 86.3 Å². The van der Waals surface area contributed by atoms with E-state index in [9.17, 15) is 4.57 Å². The van der Waals surface area contributed by atoms with Gasteiger partial charge in [-0.25, -0.2) is 0 Å². The van der Waals surface area contributed by atoms with E-state index in [0.717, 1.165) is 21.2 Å². The Bertz CT molecular complexity index is 947. The molecule has 0 aromatic heterocycles. The van der Waals surface area contributed by atoms with Crippen molar-refractivity contribution in [3.05, 3.63) is 95.5 Å². The van der Waals surface area contributed by atoms with E-state index in [4.69, 9.17) is 11.6 Å². The summed E-state index contributed by atoms with van der Waals surface area (Å²) in [7, 11) is -3.01. The maximum absolute atomic E-state index is 14.6. The molecule has 4 rings (SSSR count).